The second kappa shape index (κ2) is 3.54. The van der Waals surface area contributed by atoms with Crippen molar-refractivity contribution in [2.75, 3.05) is 0 Å². The van der Waals surface area contributed by atoms with E-state index in [-0.39, 0.29) is 17.5 Å². The molecule has 3 N–H and O–H groups in total. The zero-order valence-electron chi connectivity index (χ0n) is 7.37. The summed E-state index contributed by atoms with van der Waals surface area (Å²) in [6.07, 6.45) is 1.61. The maximum absolute atomic E-state index is 11.2. The minimum atomic E-state index is -0.171. The summed E-state index contributed by atoms with van der Waals surface area (Å²) in [7, 11) is 0. The number of hydrogen-bond acceptors (Lipinski definition) is 2. The van der Waals surface area contributed by atoms with Crippen LogP contribution in [0.1, 0.15) is 25.5 Å². The van der Waals surface area contributed by atoms with Crippen LogP contribution in [-0.4, -0.2) is 4.98 Å². The van der Waals surface area contributed by atoms with Gasteiger partial charge < -0.3 is 10.7 Å². The van der Waals surface area contributed by atoms with Crippen LogP contribution in [-0.2, 0) is 0 Å². The van der Waals surface area contributed by atoms with Crippen molar-refractivity contribution in [3.8, 4) is 0 Å². The van der Waals surface area contributed by atoms with E-state index in [1.165, 1.54) is 0 Å². The van der Waals surface area contributed by atoms with Gasteiger partial charge in [0.15, 0.2) is 0 Å². The maximum Gasteiger partial charge on any atom is 0.252 e. The molecule has 0 saturated heterocycles. The molecular weight excluding hydrogens is 152 g/mol. The van der Waals surface area contributed by atoms with Crippen LogP contribution in [0.2, 0.25) is 0 Å². The Morgan fingerprint density at radius 3 is 2.67 bits per heavy atom. The van der Waals surface area contributed by atoms with Crippen LogP contribution in [0.15, 0.2) is 23.1 Å². The van der Waals surface area contributed by atoms with Crippen molar-refractivity contribution >= 4 is 0 Å². The third kappa shape index (κ3) is 1.74. The van der Waals surface area contributed by atoms with E-state index in [9.17, 15) is 4.79 Å². The van der Waals surface area contributed by atoms with Gasteiger partial charge >= 0.3 is 0 Å². The molecule has 0 aliphatic rings. The fraction of sp³-hybridized carbons (Fsp3) is 0.444. The molecular formula is C9H14N2O. The van der Waals surface area contributed by atoms with Gasteiger partial charge in [0.1, 0.15) is 0 Å². The van der Waals surface area contributed by atoms with Crippen LogP contribution in [0.5, 0.6) is 0 Å². The van der Waals surface area contributed by atoms with Gasteiger partial charge in [0.2, 0.25) is 0 Å². The Kier molecular flexibility index (Phi) is 2.65. The van der Waals surface area contributed by atoms with Crippen molar-refractivity contribution in [2.45, 2.75) is 19.9 Å². The predicted octanol–water partition coefficient (Wildman–Crippen LogP) is 1.03. The summed E-state index contributed by atoms with van der Waals surface area (Å²) in [4.78, 5) is 13.8. The molecule has 0 saturated carbocycles. The lowest BCUT2D eigenvalue weighted by Crippen LogP contribution is -2.24. The van der Waals surface area contributed by atoms with Gasteiger partial charge in [-0.3, -0.25) is 4.79 Å². The third-order valence-electron chi connectivity index (χ3n) is 1.93. The SMILES string of the molecule is CC(C)C(N)c1ccc[nH]c1=O. The van der Waals surface area contributed by atoms with Crippen molar-refractivity contribution in [1.29, 1.82) is 0 Å². The molecule has 0 aliphatic heterocycles. The summed E-state index contributed by atoms with van der Waals surface area (Å²) in [6.45, 7) is 3.99. The third-order valence-corrected chi connectivity index (χ3v) is 1.93. The molecule has 0 aromatic carbocycles. The molecule has 1 unspecified atom stereocenters. The first kappa shape index (κ1) is 9.00. The molecule has 0 spiro atoms. The lowest BCUT2D eigenvalue weighted by Gasteiger charge is -2.14. The number of aromatic nitrogens is 1. The van der Waals surface area contributed by atoms with Crippen molar-refractivity contribution in [1.82, 2.24) is 4.98 Å². The van der Waals surface area contributed by atoms with E-state index in [0.29, 0.717) is 5.56 Å². The number of rotatable bonds is 2. The van der Waals surface area contributed by atoms with Crippen LogP contribution >= 0.6 is 0 Å². The highest BCUT2D eigenvalue weighted by atomic mass is 16.1. The van der Waals surface area contributed by atoms with Gasteiger partial charge in [-0.25, -0.2) is 0 Å². The van der Waals surface area contributed by atoms with Crippen LogP contribution in [0.4, 0.5) is 0 Å². The average molecular weight is 166 g/mol. The van der Waals surface area contributed by atoms with Crippen LogP contribution in [0, 0.1) is 5.92 Å². The molecule has 3 nitrogen and oxygen atoms in total. The average Bonchev–Trinajstić information content (AvgIpc) is 2.04. The van der Waals surface area contributed by atoms with E-state index in [1.807, 2.05) is 13.8 Å². The van der Waals surface area contributed by atoms with Crippen LogP contribution in [0.3, 0.4) is 0 Å². The quantitative estimate of drug-likeness (QED) is 0.689. The van der Waals surface area contributed by atoms with Gasteiger partial charge in [-0.15, -0.1) is 0 Å². The van der Waals surface area contributed by atoms with Gasteiger partial charge in [0, 0.05) is 17.8 Å². The van der Waals surface area contributed by atoms with E-state index in [0.717, 1.165) is 0 Å². The minimum Gasteiger partial charge on any atom is -0.329 e. The fourth-order valence-electron chi connectivity index (χ4n) is 1.06. The number of H-pyrrole nitrogens is 1. The van der Waals surface area contributed by atoms with E-state index >= 15 is 0 Å². The predicted molar refractivity (Wildman–Crippen MR) is 48.8 cm³/mol. The zero-order chi connectivity index (χ0) is 9.14. The van der Waals surface area contributed by atoms with E-state index in [4.69, 9.17) is 5.73 Å². The first-order chi connectivity index (χ1) is 5.63. The molecule has 0 fully saturated rings. The Hall–Kier alpha value is -1.09. The monoisotopic (exact) mass is 166 g/mol. The second-order valence-corrected chi connectivity index (χ2v) is 3.22. The summed E-state index contributed by atoms with van der Waals surface area (Å²) >= 11 is 0. The van der Waals surface area contributed by atoms with Gasteiger partial charge in [0.05, 0.1) is 0 Å². The molecule has 1 aromatic heterocycles. The highest BCUT2D eigenvalue weighted by molar-refractivity contribution is 5.13. The van der Waals surface area contributed by atoms with E-state index in [1.54, 1.807) is 18.3 Å². The van der Waals surface area contributed by atoms with E-state index < -0.39 is 0 Å². The number of nitrogens with two attached hydrogens (primary N) is 1. The summed E-state index contributed by atoms with van der Waals surface area (Å²) < 4.78 is 0. The maximum atomic E-state index is 11.2. The largest absolute Gasteiger partial charge is 0.329 e. The van der Waals surface area contributed by atoms with Crippen LogP contribution < -0.4 is 11.3 Å². The molecule has 3 heteroatoms. The Balaban J connectivity index is 3.03. The highest BCUT2D eigenvalue weighted by Gasteiger charge is 2.12. The molecule has 1 rings (SSSR count). The van der Waals surface area contributed by atoms with Crippen molar-refractivity contribution in [2.24, 2.45) is 11.7 Å². The number of pyridine rings is 1. The van der Waals surface area contributed by atoms with Gasteiger partial charge in [-0.2, -0.15) is 0 Å². The summed E-state index contributed by atoms with van der Waals surface area (Å²) in [5.41, 5.74) is 6.39. The Bertz CT molecular complexity index is 303. The Labute approximate surface area is 71.6 Å². The van der Waals surface area contributed by atoms with Gasteiger partial charge in [-0.05, 0) is 12.0 Å². The zero-order valence-corrected chi connectivity index (χ0v) is 7.37. The number of nitrogens with one attached hydrogen (secondary N) is 1. The Morgan fingerprint density at radius 1 is 1.50 bits per heavy atom. The minimum absolute atomic E-state index is 0.0845. The molecule has 1 atom stereocenters. The van der Waals surface area contributed by atoms with Crippen molar-refractivity contribution in [3.63, 3.8) is 0 Å². The smallest absolute Gasteiger partial charge is 0.252 e. The molecule has 0 radical (unpaired) electrons. The fourth-order valence-corrected chi connectivity index (χ4v) is 1.06. The number of aromatic amines is 1. The molecule has 66 valence electrons. The molecule has 12 heavy (non-hydrogen) atoms. The van der Waals surface area contributed by atoms with Gasteiger partial charge in [-0.1, -0.05) is 19.9 Å². The van der Waals surface area contributed by atoms with E-state index in [2.05, 4.69) is 4.98 Å². The van der Waals surface area contributed by atoms with Gasteiger partial charge in [0.25, 0.3) is 5.56 Å². The normalized spacial score (nSPS) is 13.3. The number of hydrogen-bond donors (Lipinski definition) is 2. The second-order valence-electron chi connectivity index (χ2n) is 3.22. The summed E-state index contributed by atoms with van der Waals surface area (Å²) in [5, 5.41) is 0. The van der Waals surface area contributed by atoms with Crippen LogP contribution in [0.25, 0.3) is 0 Å². The Morgan fingerprint density at radius 2 is 2.17 bits per heavy atom. The summed E-state index contributed by atoms with van der Waals surface area (Å²) in [5.74, 6) is 0.286. The topological polar surface area (TPSA) is 58.9 Å². The lowest BCUT2D eigenvalue weighted by atomic mass is 9.98. The molecule has 1 heterocycles. The summed E-state index contributed by atoms with van der Waals surface area (Å²) in [6, 6.07) is 3.39. The molecule has 1 aromatic rings. The van der Waals surface area contributed by atoms with Crippen molar-refractivity contribution < 1.29 is 0 Å². The molecule has 0 aliphatic carbocycles. The molecule has 0 amide bonds. The van der Waals surface area contributed by atoms with Crippen molar-refractivity contribution in [3.05, 3.63) is 34.2 Å². The highest BCUT2D eigenvalue weighted by Crippen LogP contribution is 2.13. The first-order valence-corrected chi connectivity index (χ1v) is 4.06. The molecule has 0 bridgehead atoms. The standard InChI is InChI=1S/C9H14N2O/c1-6(2)8(10)7-4-3-5-11-9(7)12/h3-6,8H,10H2,1-2H3,(H,11,12). The first-order valence-electron chi connectivity index (χ1n) is 4.06. The lowest BCUT2D eigenvalue weighted by molar-refractivity contribution is 0.510.